The van der Waals surface area contributed by atoms with Gasteiger partial charge in [0.25, 0.3) is 0 Å². The van der Waals surface area contributed by atoms with Crippen molar-refractivity contribution in [3.63, 3.8) is 0 Å². The van der Waals surface area contributed by atoms with Gasteiger partial charge in [-0.2, -0.15) is 0 Å². The fourth-order valence-electron chi connectivity index (χ4n) is 3.16. The topological polar surface area (TPSA) is 83.1 Å². The van der Waals surface area contributed by atoms with Crippen molar-refractivity contribution in [3.8, 4) is 11.5 Å². The van der Waals surface area contributed by atoms with Gasteiger partial charge in [-0.15, -0.1) is 0 Å². The zero-order valence-electron chi connectivity index (χ0n) is 14.7. The summed E-state index contributed by atoms with van der Waals surface area (Å²) in [6.07, 6.45) is 0. The number of nitrogens with one attached hydrogen (secondary N) is 2. The Morgan fingerprint density at radius 2 is 2.00 bits per heavy atom. The Morgan fingerprint density at radius 3 is 2.60 bits per heavy atom. The molecule has 2 heterocycles. The molecule has 8 nitrogen and oxygen atoms in total. The maximum Gasteiger partial charge on any atom is 0.317 e. The van der Waals surface area contributed by atoms with Crippen molar-refractivity contribution in [3.05, 3.63) is 18.2 Å². The zero-order valence-corrected chi connectivity index (χ0v) is 14.7. The highest BCUT2D eigenvalue weighted by Gasteiger charge is 2.40. The van der Waals surface area contributed by atoms with E-state index in [0.717, 1.165) is 6.54 Å². The van der Waals surface area contributed by atoms with E-state index in [0.29, 0.717) is 36.8 Å². The van der Waals surface area contributed by atoms with Gasteiger partial charge in [0, 0.05) is 37.9 Å². The summed E-state index contributed by atoms with van der Waals surface area (Å²) >= 11 is 0. The normalized spacial score (nSPS) is 19.2. The smallest absolute Gasteiger partial charge is 0.317 e. The van der Waals surface area contributed by atoms with Crippen LogP contribution >= 0.6 is 0 Å². The Hall–Kier alpha value is -2.48. The number of rotatable bonds is 6. The molecule has 0 aliphatic carbocycles. The van der Waals surface area contributed by atoms with Crippen molar-refractivity contribution in [2.75, 3.05) is 45.7 Å². The van der Waals surface area contributed by atoms with Crippen LogP contribution in [-0.4, -0.2) is 74.2 Å². The van der Waals surface area contributed by atoms with E-state index in [4.69, 9.17) is 9.47 Å². The number of urea groups is 1. The minimum atomic E-state index is -0.269. The van der Waals surface area contributed by atoms with Crippen molar-refractivity contribution in [1.29, 1.82) is 0 Å². The second-order valence-electron chi connectivity index (χ2n) is 6.27. The largest absolute Gasteiger partial charge is 0.493 e. The van der Waals surface area contributed by atoms with Crippen LogP contribution in [0.3, 0.4) is 0 Å². The molecule has 0 saturated carbocycles. The number of methoxy groups -OCH3 is 2. The third-order valence-corrected chi connectivity index (χ3v) is 4.80. The summed E-state index contributed by atoms with van der Waals surface area (Å²) in [6, 6.07) is 5.18. The van der Waals surface area contributed by atoms with Crippen molar-refractivity contribution >= 4 is 17.6 Å². The lowest BCUT2D eigenvalue weighted by Crippen LogP contribution is -2.64. The first-order chi connectivity index (χ1) is 12.0. The molecule has 2 N–H and O–H groups in total. The van der Waals surface area contributed by atoms with E-state index in [1.807, 2.05) is 11.8 Å². The van der Waals surface area contributed by atoms with Crippen LogP contribution in [0, 0.1) is 0 Å². The monoisotopic (exact) mass is 348 g/mol. The summed E-state index contributed by atoms with van der Waals surface area (Å²) in [7, 11) is 3.12. The second kappa shape index (κ2) is 7.18. The van der Waals surface area contributed by atoms with Gasteiger partial charge in [-0.3, -0.25) is 9.69 Å². The van der Waals surface area contributed by atoms with E-state index in [1.165, 1.54) is 0 Å². The molecule has 2 fully saturated rings. The van der Waals surface area contributed by atoms with Gasteiger partial charge in [0.15, 0.2) is 11.5 Å². The zero-order chi connectivity index (χ0) is 18.0. The van der Waals surface area contributed by atoms with Crippen LogP contribution in [0.25, 0.3) is 0 Å². The van der Waals surface area contributed by atoms with Gasteiger partial charge in [-0.05, 0) is 19.1 Å². The molecule has 2 saturated heterocycles. The molecule has 3 amide bonds. The van der Waals surface area contributed by atoms with E-state index in [-0.39, 0.29) is 24.0 Å². The van der Waals surface area contributed by atoms with Crippen molar-refractivity contribution in [2.24, 2.45) is 0 Å². The average molecular weight is 348 g/mol. The van der Waals surface area contributed by atoms with Crippen molar-refractivity contribution < 1.29 is 19.1 Å². The predicted molar refractivity (Wildman–Crippen MR) is 93.1 cm³/mol. The summed E-state index contributed by atoms with van der Waals surface area (Å²) in [5.41, 5.74) is 0.658. The SMILES string of the molecule is COc1ccc(NC(=O)[C@@H](C)N2CC(N3CCNC3=O)C2)cc1OC. The van der Waals surface area contributed by atoms with E-state index in [2.05, 4.69) is 15.5 Å². The van der Waals surface area contributed by atoms with Gasteiger partial charge in [0.2, 0.25) is 5.91 Å². The molecule has 8 heteroatoms. The van der Waals surface area contributed by atoms with Crippen LogP contribution in [0.15, 0.2) is 18.2 Å². The Bertz CT molecular complexity index is 660. The number of anilines is 1. The quantitative estimate of drug-likeness (QED) is 0.792. The van der Waals surface area contributed by atoms with Gasteiger partial charge in [-0.25, -0.2) is 4.79 Å². The highest BCUT2D eigenvalue weighted by Crippen LogP contribution is 2.30. The summed E-state index contributed by atoms with van der Waals surface area (Å²) in [4.78, 5) is 28.0. The number of hydrogen-bond acceptors (Lipinski definition) is 5. The molecule has 0 radical (unpaired) electrons. The number of carbonyl (C=O) groups excluding carboxylic acids is 2. The maximum atomic E-state index is 12.5. The molecule has 1 atom stereocenters. The number of ether oxygens (including phenoxy) is 2. The molecule has 1 aromatic carbocycles. The minimum Gasteiger partial charge on any atom is -0.493 e. The fourth-order valence-corrected chi connectivity index (χ4v) is 3.16. The molecule has 3 rings (SSSR count). The van der Waals surface area contributed by atoms with Crippen LogP contribution < -0.4 is 20.1 Å². The maximum absolute atomic E-state index is 12.5. The Balaban J connectivity index is 1.54. The summed E-state index contributed by atoms with van der Waals surface area (Å²) < 4.78 is 10.4. The number of carbonyl (C=O) groups is 2. The number of likely N-dealkylation sites (tertiary alicyclic amines) is 1. The summed E-state index contributed by atoms with van der Waals surface area (Å²) in [5, 5.41) is 5.71. The van der Waals surface area contributed by atoms with Gasteiger partial charge in [0.05, 0.1) is 26.3 Å². The molecular weight excluding hydrogens is 324 g/mol. The van der Waals surface area contributed by atoms with Crippen LogP contribution in [0.1, 0.15) is 6.92 Å². The van der Waals surface area contributed by atoms with E-state index in [1.54, 1.807) is 32.4 Å². The van der Waals surface area contributed by atoms with Gasteiger partial charge in [0.1, 0.15) is 0 Å². The van der Waals surface area contributed by atoms with Crippen LogP contribution in [0.4, 0.5) is 10.5 Å². The third kappa shape index (κ3) is 3.48. The van der Waals surface area contributed by atoms with E-state index in [9.17, 15) is 9.59 Å². The number of amides is 3. The Morgan fingerprint density at radius 1 is 1.28 bits per heavy atom. The second-order valence-corrected chi connectivity index (χ2v) is 6.27. The molecule has 2 aliphatic heterocycles. The number of benzene rings is 1. The first kappa shape index (κ1) is 17.3. The van der Waals surface area contributed by atoms with Gasteiger partial charge in [-0.1, -0.05) is 0 Å². The average Bonchev–Trinajstić information content (AvgIpc) is 2.99. The lowest BCUT2D eigenvalue weighted by Gasteiger charge is -2.45. The molecule has 2 aliphatic rings. The lowest BCUT2D eigenvalue weighted by atomic mass is 10.0. The third-order valence-electron chi connectivity index (χ3n) is 4.80. The predicted octanol–water partition coefficient (Wildman–Crippen LogP) is 0.740. The Labute approximate surface area is 147 Å². The number of hydrogen-bond donors (Lipinski definition) is 2. The fraction of sp³-hybridized carbons (Fsp3) is 0.529. The molecule has 0 unspecified atom stereocenters. The first-order valence-electron chi connectivity index (χ1n) is 8.35. The highest BCUT2D eigenvalue weighted by atomic mass is 16.5. The molecular formula is C17H24N4O4. The van der Waals surface area contributed by atoms with Crippen molar-refractivity contribution in [1.82, 2.24) is 15.1 Å². The molecule has 25 heavy (non-hydrogen) atoms. The number of nitrogens with zero attached hydrogens (tertiary/aromatic N) is 2. The lowest BCUT2D eigenvalue weighted by molar-refractivity contribution is -0.123. The summed E-state index contributed by atoms with van der Waals surface area (Å²) in [6.45, 7) is 4.74. The van der Waals surface area contributed by atoms with Crippen molar-refractivity contribution in [2.45, 2.75) is 19.0 Å². The molecule has 1 aromatic rings. The van der Waals surface area contributed by atoms with Gasteiger partial charge >= 0.3 is 6.03 Å². The first-order valence-corrected chi connectivity index (χ1v) is 8.35. The molecule has 0 spiro atoms. The molecule has 136 valence electrons. The molecule has 0 aromatic heterocycles. The Kier molecular flexibility index (Phi) is 4.98. The van der Waals surface area contributed by atoms with E-state index >= 15 is 0 Å². The van der Waals surface area contributed by atoms with E-state index < -0.39 is 0 Å². The van der Waals surface area contributed by atoms with Gasteiger partial charge < -0.3 is 25.0 Å². The van der Waals surface area contributed by atoms with Crippen LogP contribution in [0.2, 0.25) is 0 Å². The standard InChI is InChI=1S/C17H24N4O4/c1-11(20-9-13(10-20)21-7-6-18-17(21)23)16(22)19-12-4-5-14(24-2)15(8-12)25-3/h4-5,8,11,13H,6-7,9-10H2,1-3H3,(H,18,23)(H,19,22)/t11-/m1/s1. The van der Waals surface area contributed by atoms with Crippen LogP contribution in [0.5, 0.6) is 11.5 Å². The molecule has 0 bridgehead atoms. The highest BCUT2D eigenvalue weighted by molar-refractivity contribution is 5.95. The van der Waals surface area contributed by atoms with Crippen LogP contribution in [-0.2, 0) is 4.79 Å². The minimum absolute atomic E-state index is 0.00733. The summed E-state index contributed by atoms with van der Waals surface area (Å²) in [5.74, 6) is 1.09.